The summed E-state index contributed by atoms with van der Waals surface area (Å²) in [4.78, 5) is 26.4. The fourth-order valence-corrected chi connectivity index (χ4v) is 3.86. The lowest BCUT2D eigenvalue weighted by Crippen LogP contribution is -2.31. The molecule has 1 aliphatic heterocycles. The number of imide groups is 1. The lowest BCUT2D eigenvalue weighted by Gasteiger charge is -2.15. The molecular weight excluding hydrogens is 436 g/mol. The van der Waals surface area contributed by atoms with E-state index in [1.165, 1.54) is 4.90 Å². The number of hydrogen-bond acceptors (Lipinski definition) is 6. The van der Waals surface area contributed by atoms with Gasteiger partial charge >= 0.3 is 0 Å². The molecule has 31 heavy (non-hydrogen) atoms. The van der Waals surface area contributed by atoms with Crippen LogP contribution in [0.1, 0.15) is 32.3 Å². The van der Waals surface area contributed by atoms with Crippen LogP contribution in [0.25, 0.3) is 0 Å². The van der Waals surface area contributed by atoms with Crippen molar-refractivity contribution in [2.75, 3.05) is 11.5 Å². The van der Waals surface area contributed by atoms with E-state index in [9.17, 15) is 9.59 Å². The molecule has 2 aromatic rings. The maximum Gasteiger partial charge on any atom is 0.247 e. The van der Waals surface area contributed by atoms with Crippen LogP contribution in [0.2, 0.25) is 5.02 Å². The number of benzene rings is 2. The molecule has 0 radical (unpaired) electrons. The molecule has 0 aliphatic carbocycles. The van der Waals surface area contributed by atoms with Crippen molar-refractivity contribution in [1.29, 1.82) is 0 Å². The van der Waals surface area contributed by atoms with Gasteiger partial charge in [0.05, 0.1) is 18.0 Å². The van der Waals surface area contributed by atoms with E-state index in [1.807, 2.05) is 19.1 Å². The number of nitrogens with two attached hydrogens (primary N) is 1. The minimum absolute atomic E-state index is 0.0493. The van der Waals surface area contributed by atoms with Gasteiger partial charge in [-0.1, -0.05) is 42.4 Å². The highest BCUT2D eigenvalue weighted by atomic mass is 35.5. The van der Waals surface area contributed by atoms with E-state index in [-0.39, 0.29) is 23.4 Å². The van der Waals surface area contributed by atoms with Crippen LogP contribution in [0.15, 0.2) is 58.7 Å². The number of nitrogens with zero attached hydrogens (tertiary/aromatic N) is 3. The minimum atomic E-state index is -0.640. The van der Waals surface area contributed by atoms with Gasteiger partial charge in [-0.15, -0.1) is 5.10 Å². The zero-order valence-corrected chi connectivity index (χ0v) is 18.8. The van der Waals surface area contributed by atoms with E-state index in [1.54, 1.807) is 43.3 Å². The Labute approximate surface area is 190 Å². The third kappa shape index (κ3) is 5.86. The molecule has 1 saturated heterocycles. The first kappa shape index (κ1) is 22.8. The molecule has 0 spiro atoms. The van der Waals surface area contributed by atoms with E-state index >= 15 is 0 Å². The first-order chi connectivity index (χ1) is 14.9. The van der Waals surface area contributed by atoms with Crippen LogP contribution in [-0.4, -0.2) is 34.6 Å². The summed E-state index contributed by atoms with van der Waals surface area (Å²) >= 11 is 6.92. The van der Waals surface area contributed by atoms with E-state index in [0.717, 1.165) is 23.7 Å². The van der Waals surface area contributed by atoms with Crippen LogP contribution in [-0.2, 0) is 9.59 Å². The summed E-state index contributed by atoms with van der Waals surface area (Å²) < 4.78 is 5.54. The minimum Gasteiger partial charge on any atom is -0.494 e. The standard InChI is InChI=1S/C22H23ClN4O3S/c1-3-12-30-18-10-8-17(9-11-18)27-20(28)13-19(21(27)29)31-22(24)26-25-14(2)15-4-6-16(23)7-5-15/h4-11,19H,3,12-13H2,1-2H3,(H2,24,26). The highest BCUT2D eigenvalue weighted by Gasteiger charge is 2.40. The van der Waals surface area contributed by atoms with Gasteiger partial charge in [-0.25, -0.2) is 4.90 Å². The molecule has 1 heterocycles. The Bertz CT molecular complexity index is 1010. The van der Waals surface area contributed by atoms with Crippen LogP contribution < -0.4 is 15.4 Å². The van der Waals surface area contributed by atoms with Gasteiger partial charge in [0.1, 0.15) is 11.0 Å². The van der Waals surface area contributed by atoms with Crippen molar-refractivity contribution >= 4 is 51.7 Å². The molecular formula is C22H23ClN4O3S. The Morgan fingerprint density at radius 1 is 1.16 bits per heavy atom. The van der Waals surface area contributed by atoms with Crippen molar-refractivity contribution in [2.45, 2.75) is 31.9 Å². The number of carbonyl (C=O) groups is 2. The molecule has 1 fully saturated rings. The number of ether oxygens (including phenoxy) is 1. The molecule has 162 valence electrons. The molecule has 2 aromatic carbocycles. The summed E-state index contributed by atoms with van der Waals surface area (Å²) in [5.41, 5.74) is 7.97. The maximum absolute atomic E-state index is 12.8. The average molecular weight is 459 g/mol. The molecule has 2 amide bonds. The second-order valence-electron chi connectivity index (χ2n) is 6.85. The van der Waals surface area contributed by atoms with Gasteiger partial charge in [0.25, 0.3) is 0 Å². The van der Waals surface area contributed by atoms with Crippen molar-refractivity contribution in [3.8, 4) is 5.75 Å². The van der Waals surface area contributed by atoms with Gasteiger partial charge in [-0.2, -0.15) is 5.10 Å². The normalized spacial score (nSPS) is 17.4. The summed E-state index contributed by atoms with van der Waals surface area (Å²) in [7, 11) is 0. The molecule has 0 aromatic heterocycles. The van der Waals surface area contributed by atoms with Crippen LogP contribution >= 0.6 is 23.4 Å². The molecule has 3 rings (SSSR count). The Balaban J connectivity index is 1.65. The maximum atomic E-state index is 12.8. The van der Waals surface area contributed by atoms with Gasteiger partial charge in [-0.05, 0) is 55.3 Å². The smallest absolute Gasteiger partial charge is 0.247 e. The first-order valence-corrected chi connectivity index (χ1v) is 11.0. The third-order valence-corrected chi connectivity index (χ3v) is 5.72. The molecule has 9 heteroatoms. The van der Waals surface area contributed by atoms with Crippen LogP contribution in [0.3, 0.4) is 0 Å². The highest BCUT2D eigenvalue weighted by Crippen LogP contribution is 2.30. The molecule has 0 saturated carbocycles. The third-order valence-electron chi connectivity index (χ3n) is 4.50. The van der Waals surface area contributed by atoms with Crippen LogP contribution in [0, 0.1) is 0 Å². The highest BCUT2D eigenvalue weighted by molar-refractivity contribution is 8.14. The zero-order valence-electron chi connectivity index (χ0n) is 17.2. The van der Waals surface area contributed by atoms with Gasteiger partial charge in [0.2, 0.25) is 11.8 Å². The fraction of sp³-hybridized carbons (Fsp3) is 0.273. The number of amidine groups is 1. The van der Waals surface area contributed by atoms with Gasteiger partial charge in [0.15, 0.2) is 5.17 Å². The second-order valence-corrected chi connectivity index (χ2v) is 8.51. The number of halogens is 1. The van der Waals surface area contributed by atoms with Crippen molar-refractivity contribution in [2.24, 2.45) is 15.9 Å². The number of rotatable bonds is 7. The van der Waals surface area contributed by atoms with E-state index in [4.69, 9.17) is 22.1 Å². The van der Waals surface area contributed by atoms with Crippen LogP contribution in [0.5, 0.6) is 5.75 Å². The number of hydrogen-bond donors (Lipinski definition) is 1. The topological polar surface area (TPSA) is 97.3 Å². The monoisotopic (exact) mass is 458 g/mol. The molecule has 0 bridgehead atoms. The van der Waals surface area contributed by atoms with E-state index < -0.39 is 5.25 Å². The predicted octanol–water partition coefficient (Wildman–Crippen LogP) is 4.23. The molecule has 1 unspecified atom stereocenters. The van der Waals surface area contributed by atoms with Crippen molar-refractivity contribution < 1.29 is 14.3 Å². The molecule has 1 atom stereocenters. The zero-order chi connectivity index (χ0) is 22.4. The summed E-state index contributed by atoms with van der Waals surface area (Å²) in [5.74, 6) is 0.0908. The van der Waals surface area contributed by atoms with Crippen LogP contribution in [0.4, 0.5) is 5.69 Å². The Hall–Kier alpha value is -2.84. The summed E-state index contributed by atoms with van der Waals surface area (Å²) in [5, 5.41) is 8.22. The molecule has 2 N–H and O–H groups in total. The van der Waals surface area contributed by atoms with Gasteiger partial charge < -0.3 is 10.5 Å². The van der Waals surface area contributed by atoms with E-state index in [2.05, 4.69) is 10.2 Å². The average Bonchev–Trinajstić information content (AvgIpc) is 3.04. The Morgan fingerprint density at radius 3 is 2.48 bits per heavy atom. The quantitative estimate of drug-likeness (QED) is 0.290. The van der Waals surface area contributed by atoms with Crippen molar-refractivity contribution in [3.63, 3.8) is 0 Å². The van der Waals surface area contributed by atoms with Gasteiger partial charge in [-0.3, -0.25) is 9.59 Å². The summed E-state index contributed by atoms with van der Waals surface area (Å²) in [6, 6.07) is 14.1. The van der Waals surface area contributed by atoms with Gasteiger partial charge in [0, 0.05) is 11.4 Å². The SMILES string of the molecule is CCCOc1ccc(N2C(=O)CC(SC(N)=NN=C(C)c3ccc(Cl)cc3)C2=O)cc1. The number of anilines is 1. The number of thioether (sulfide) groups is 1. The number of amides is 2. The van der Waals surface area contributed by atoms with Crippen molar-refractivity contribution in [3.05, 3.63) is 59.1 Å². The summed E-state index contributed by atoms with van der Waals surface area (Å²) in [6.45, 7) is 4.43. The second kappa shape index (κ2) is 10.5. The lowest BCUT2D eigenvalue weighted by atomic mass is 10.1. The summed E-state index contributed by atoms with van der Waals surface area (Å²) in [6.07, 6.45) is 0.948. The van der Waals surface area contributed by atoms with E-state index in [0.29, 0.717) is 28.8 Å². The Morgan fingerprint density at radius 2 is 1.84 bits per heavy atom. The first-order valence-electron chi connectivity index (χ1n) is 9.79. The van der Waals surface area contributed by atoms with Crippen molar-refractivity contribution in [1.82, 2.24) is 0 Å². The molecule has 1 aliphatic rings. The lowest BCUT2D eigenvalue weighted by molar-refractivity contribution is -0.121. The Kier molecular flexibility index (Phi) is 7.70. The largest absolute Gasteiger partial charge is 0.494 e. The molecule has 7 nitrogen and oxygen atoms in total. The fourth-order valence-electron chi connectivity index (χ4n) is 2.92. The predicted molar refractivity (Wildman–Crippen MR) is 126 cm³/mol. The number of carbonyl (C=O) groups excluding carboxylic acids is 2.